The van der Waals surface area contributed by atoms with Crippen molar-refractivity contribution in [1.82, 2.24) is 4.90 Å². The van der Waals surface area contributed by atoms with Crippen molar-refractivity contribution in [2.45, 2.75) is 38.4 Å². The van der Waals surface area contributed by atoms with E-state index < -0.39 is 0 Å². The van der Waals surface area contributed by atoms with Crippen molar-refractivity contribution in [1.29, 1.82) is 0 Å². The molecule has 3 nitrogen and oxygen atoms in total. The highest BCUT2D eigenvalue weighted by Gasteiger charge is 2.26. The fourth-order valence-electron chi connectivity index (χ4n) is 2.47. The summed E-state index contributed by atoms with van der Waals surface area (Å²) in [6.45, 7) is 4.40. The topological polar surface area (TPSA) is 38.5 Å². The molecule has 0 aliphatic heterocycles. The van der Waals surface area contributed by atoms with E-state index in [1.807, 2.05) is 23.9 Å². The second-order valence-electron chi connectivity index (χ2n) is 5.26. The predicted octanol–water partition coefficient (Wildman–Crippen LogP) is 3.16. The van der Waals surface area contributed by atoms with Gasteiger partial charge in [-0.1, -0.05) is 19.1 Å². The van der Waals surface area contributed by atoms with Crippen molar-refractivity contribution in [3.8, 4) is 5.75 Å². The summed E-state index contributed by atoms with van der Waals surface area (Å²) in [5.74, 6) is 2.00. The maximum Gasteiger partial charge on any atom is 0.119 e. The third-order valence-electron chi connectivity index (χ3n) is 3.85. The Kier molecular flexibility index (Phi) is 7.41. The monoisotopic (exact) mass is 296 g/mol. The summed E-state index contributed by atoms with van der Waals surface area (Å²) in [5, 5.41) is 0. The molecule has 0 fully saturated rings. The lowest BCUT2D eigenvalue weighted by Crippen LogP contribution is -2.43. The van der Waals surface area contributed by atoms with Gasteiger partial charge in [0.25, 0.3) is 0 Å². The highest BCUT2D eigenvalue weighted by molar-refractivity contribution is 7.98. The first-order valence-corrected chi connectivity index (χ1v) is 8.54. The highest BCUT2D eigenvalue weighted by atomic mass is 32.2. The van der Waals surface area contributed by atoms with Crippen LogP contribution in [0.5, 0.6) is 5.75 Å². The second kappa shape index (κ2) is 8.55. The fraction of sp³-hybridized carbons (Fsp3) is 0.625. The first-order valence-electron chi connectivity index (χ1n) is 7.15. The van der Waals surface area contributed by atoms with Gasteiger partial charge in [-0.25, -0.2) is 0 Å². The number of benzene rings is 1. The lowest BCUT2D eigenvalue weighted by Gasteiger charge is -2.36. The van der Waals surface area contributed by atoms with Gasteiger partial charge in [-0.15, -0.1) is 0 Å². The Labute approximate surface area is 127 Å². The van der Waals surface area contributed by atoms with Crippen molar-refractivity contribution in [3.63, 3.8) is 0 Å². The number of rotatable bonds is 8. The molecule has 3 atom stereocenters. The van der Waals surface area contributed by atoms with E-state index in [2.05, 4.69) is 44.2 Å². The molecule has 0 aliphatic rings. The number of thioether (sulfide) groups is 1. The lowest BCUT2D eigenvalue weighted by atomic mass is 9.95. The van der Waals surface area contributed by atoms with Crippen LogP contribution < -0.4 is 10.5 Å². The Morgan fingerprint density at radius 3 is 2.65 bits per heavy atom. The van der Waals surface area contributed by atoms with E-state index in [4.69, 9.17) is 10.5 Å². The largest absolute Gasteiger partial charge is 0.497 e. The molecular formula is C16H28N2OS. The van der Waals surface area contributed by atoms with Crippen LogP contribution in [0.3, 0.4) is 0 Å². The van der Waals surface area contributed by atoms with Gasteiger partial charge in [0.05, 0.1) is 13.2 Å². The molecular weight excluding hydrogens is 268 g/mol. The first-order chi connectivity index (χ1) is 9.54. The SMILES string of the molecule is CCC(N)C(c1cccc(OC)c1)N(C)C(C)CSC. The molecule has 0 amide bonds. The van der Waals surface area contributed by atoms with Crippen LogP contribution in [0.25, 0.3) is 0 Å². The number of likely N-dealkylation sites (N-methyl/N-ethyl adjacent to an activating group) is 1. The fourth-order valence-corrected chi connectivity index (χ4v) is 3.18. The normalized spacial score (nSPS) is 15.9. The Morgan fingerprint density at radius 1 is 1.40 bits per heavy atom. The predicted molar refractivity (Wildman–Crippen MR) is 89.6 cm³/mol. The van der Waals surface area contributed by atoms with E-state index in [0.717, 1.165) is 17.9 Å². The minimum atomic E-state index is 0.122. The van der Waals surface area contributed by atoms with E-state index in [1.54, 1.807) is 7.11 Å². The van der Waals surface area contributed by atoms with Crippen molar-refractivity contribution < 1.29 is 4.74 Å². The zero-order chi connectivity index (χ0) is 15.1. The summed E-state index contributed by atoms with van der Waals surface area (Å²) in [4.78, 5) is 2.39. The molecule has 0 bridgehead atoms. The average molecular weight is 296 g/mol. The first kappa shape index (κ1) is 17.3. The summed E-state index contributed by atoms with van der Waals surface area (Å²) in [7, 11) is 3.87. The number of nitrogens with two attached hydrogens (primary N) is 1. The quantitative estimate of drug-likeness (QED) is 0.800. The van der Waals surface area contributed by atoms with Crippen molar-refractivity contribution in [2.24, 2.45) is 5.73 Å². The van der Waals surface area contributed by atoms with Crippen molar-refractivity contribution in [3.05, 3.63) is 29.8 Å². The van der Waals surface area contributed by atoms with Crippen LogP contribution in [0.4, 0.5) is 0 Å². The molecule has 0 spiro atoms. The van der Waals surface area contributed by atoms with Gasteiger partial charge in [-0.05, 0) is 44.3 Å². The van der Waals surface area contributed by atoms with Gasteiger partial charge in [0.1, 0.15) is 5.75 Å². The van der Waals surface area contributed by atoms with Gasteiger partial charge in [0, 0.05) is 17.8 Å². The minimum Gasteiger partial charge on any atom is -0.497 e. The molecule has 0 saturated carbocycles. The number of ether oxygens (including phenoxy) is 1. The standard InChI is InChI=1S/C16H28N2OS/c1-6-15(17)16(18(3)12(2)11-20-5)13-8-7-9-14(10-13)19-4/h7-10,12,15-16H,6,11,17H2,1-5H3. The maximum atomic E-state index is 6.39. The van der Waals surface area contributed by atoms with Crippen LogP contribution in [0.15, 0.2) is 24.3 Å². The van der Waals surface area contributed by atoms with Gasteiger partial charge in [0.15, 0.2) is 0 Å². The molecule has 1 aromatic rings. The molecule has 114 valence electrons. The van der Waals surface area contributed by atoms with Crippen molar-refractivity contribution in [2.75, 3.05) is 26.2 Å². The lowest BCUT2D eigenvalue weighted by molar-refractivity contribution is 0.170. The van der Waals surface area contributed by atoms with Crippen LogP contribution in [-0.2, 0) is 0 Å². The molecule has 0 heterocycles. The molecule has 1 aromatic carbocycles. The van der Waals surface area contributed by atoms with E-state index in [0.29, 0.717) is 6.04 Å². The van der Waals surface area contributed by atoms with Crippen LogP contribution in [-0.4, -0.2) is 43.1 Å². The van der Waals surface area contributed by atoms with Crippen molar-refractivity contribution >= 4 is 11.8 Å². The third kappa shape index (κ3) is 4.40. The zero-order valence-corrected chi connectivity index (χ0v) is 14.1. The van der Waals surface area contributed by atoms with E-state index in [9.17, 15) is 0 Å². The highest BCUT2D eigenvalue weighted by Crippen LogP contribution is 2.28. The van der Waals surface area contributed by atoms with Gasteiger partial charge < -0.3 is 10.5 Å². The van der Waals surface area contributed by atoms with E-state index >= 15 is 0 Å². The van der Waals surface area contributed by atoms with E-state index in [1.165, 1.54) is 5.56 Å². The number of hydrogen-bond donors (Lipinski definition) is 1. The smallest absolute Gasteiger partial charge is 0.119 e. The summed E-state index contributed by atoms with van der Waals surface area (Å²) in [5.41, 5.74) is 7.62. The summed E-state index contributed by atoms with van der Waals surface area (Å²) >= 11 is 1.87. The van der Waals surface area contributed by atoms with Gasteiger partial charge in [-0.2, -0.15) is 11.8 Å². The minimum absolute atomic E-state index is 0.122. The molecule has 20 heavy (non-hydrogen) atoms. The molecule has 0 aliphatic carbocycles. The van der Waals surface area contributed by atoms with Gasteiger partial charge in [0.2, 0.25) is 0 Å². The summed E-state index contributed by atoms with van der Waals surface area (Å²) in [6.07, 6.45) is 3.10. The maximum absolute atomic E-state index is 6.39. The van der Waals surface area contributed by atoms with Crippen LogP contribution in [0.1, 0.15) is 31.9 Å². The third-order valence-corrected chi connectivity index (χ3v) is 4.67. The zero-order valence-electron chi connectivity index (χ0n) is 13.3. The Hall–Kier alpha value is -0.710. The number of hydrogen-bond acceptors (Lipinski definition) is 4. The van der Waals surface area contributed by atoms with Crippen LogP contribution in [0, 0.1) is 0 Å². The Morgan fingerprint density at radius 2 is 2.10 bits per heavy atom. The molecule has 1 rings (SSSR count). The summed E-state index contributed by atoms with van der Waals surface area (Å²) in [6, 6.07) is 9.08. The molecule has 3 unspecified atom stereocenters. The van der Waals surface area contributed by atoms with Gasteiger partial charge in [-0.3, -0.25) is 4.90 Å². The van der Waals surface area contributed by atoms with Gasteiger partial charge >= 0.3 is 0 Å². The molecule has 0 saturated heterocycles. The molecule has 4 heteroatoms. The van der Waals surface area contributed by atoms with E-state index in [-0.39, 0.29) is 12.1 Å². The average Bonchev–Trinajstić information content (AvgIpc) is 2.47. The molecule has 0 aromatic heterocycles. The number of methoxy groups -OCH3 is 1. The summed E-state index contributed by atoms with van der Waals surface area (Å²) < 4.78 is 5.34. The Balaban J connectivity index is 3.04. The molecule has 0 radical (unpaired) electrons. The van der Waals surface area contributed by atoms with Crippen LogP contribution in [0.2, 0.25) is 0 Å². The second-order valence-corrected chi connectivity index (χ2v) is 6.17. The molecule has 2 N–H and O–H groups in total. The van der Waals surface area contributed by atoms with Crippen LogP contribution >= 0.6 is 11.8 Å². The Bertz CT molecular complexity index is 400. The number of nitrogens with zero attached hydrogens (tertiary/aromatic N) is 1.